The van der Waals surface area contributed by atoms with E-state index in [9.17, 15) is 4.79 Å². The zero-order valence-electron chi connectivity index (χ0n) is 8.14. The third-order valence-electron chi connectivity index (χ3n) is 2.20. The monoisotopic (exact) mass is 220 g/mol. The van der Waals surface area contributed by atoms with E-state index in [1.54, 1.807) is 11.7 Å². The Morgan fingerprint density at radius 3 is 2.60 bits per heavy atom. The molecular weight excluding hydrogens is 212 g/mol. The van der Waals surface area contributed by atoms with Crippen molar-refractivity contribution in [3.63, 3.8) is 0 Å². The first kappa shape index (κ1) is 9.93. The quantitative estimate of drug-likeness (QED) is 0.729. The van der Waals surface area contributed by atoms with Gasteiger partial charge in [-0.3, -0.25) is 9.48 Å². The molecule has 0 aliphatic heterocycles. The van der Waals surface area contributed by atoms with Gasteiger partial charge in [-0.05, 0) is 11.6 Å². The van der Waals surface area contributed by atoms with E-state index in [1.165, 1.54) is 6.20 Å². The van der Waals surface area contributed by atoms with Crippen molar-refractivity contribution in [2.45, 2.75) is 0 Å². The van der Waals surface area contributed by atoms with Crippen LogP contribution in [0.2, 0.25) is 0 Å². The summed E-state index contributed by atoms with van der Waals surface area (Å²) in [6, 6.07) is 9.57. The summed E-state index contributed by atoms with van der Waals surface area (Å²) in [6.07, 6.45) is 1.48. The van der Waals surface area contributed by atoms with Crippen LogP contribution in [0, 0.1) is 0 Å². The number of benzene rings is 1. The minimum atomic E-state index is -0.484. The van der Waals surface area contributed by atoms with Gasteiger partial charge in [-0.25, -0.2) is 0 Å². The van der Waals surface area contributed by atoms with Crippen molar-refractivity contribution < 1.29 is 4.79 Å². The summed E-state index contributed by atoms with van der Waals surface area (Å²) in [7, 11) is 1.78. The summed E-state index contributed by atoms with van der Waals surface area (Å²) < 4.78 is 1.64. The third-order valence-corrected chi connectivity index (χ3v) is 2.40. The summed E-state index contributed by atoms with van der Waals surface area (Å²) in [5, 5.41) is 3.54. The molecule has 1 heterocycles. The van der Waals surface area contributed by atoms with Crippen molar-refractivity contribution in [1.82, 2.24) is 9.78 Å². The molecule has 0 saturated carbocycles. The maximum atomic E-state index is 11.2. The summed E-state index contributed by atoms with van der Waals surface area (Å²) >= 11 is 5.48. The highest BCUT2D eigenvalue weighted by molar-refractivity contribution is 6.68. The lowest BCUT2D eigenvalue weighted by molar-refractivity contribution is 0.108. The van der Waals surface area contributed by atoms with Crippen LogP contribution in [0.3, 0.4) is 0 Å². The van der Waals surface area contributed by atoms with Gasteiger partial charge in [0.2, 0.25) is 0 Å². The van der Waals surface area contributed by atoms with E-state index in [1.807, 2.05) is 30.3 Å². The summed E-state index contributed by atoms with van der Waals surface area (Å²) in [5.41, 5.74) is 2.11. The average molecular weight is 221 g/mol. The molecule has 0 saturated heterocycles. The second-order valence-electron chi connectivity index (χ2n) is 3.17. The molecule has 0 amide bonds. The van der Waals surface area contributed by atoms with E-state index in [2.05, 4.69) is 5.10 Å². The zero-order valence-corrected chi connectivity index (χ0v) is 8.90. The number of aromatic nitrogens is 2. The highest BCUT2D eigenvalue weighted by atomic mass is 35.5. The van der Waals surface area contributed by atoms with Crippen molar-refractivity contribution in [2.75, 3.05) is 0 Å². The molecule has 1 aromatic heterocycles. The fraction of sp³-hybridized carbons (Fsp3) is 0.0909. The standard InChI is InChI=1S/C11H9ClN2O/c1-14-10(8-5-3-2-4-6-8)9(7-13-14)11(12)15/h2-7H,1H3. The van der Waals surface area contributed by atoms with Gasteiger partial charge in [0, 0.05) is 12.6 Å². The van der Waals surface area contributed by atoms with Crippen LogP contribution >= 0.6 is 11.6 Å². The van der Waals surface area contributed by atoms with Crippen LogP contribution in [0.15, 0.2) is 36.5 Å². The minimum absolute atomic E-state index is 0.436. The number of hydrogen-bond donors (Lipinski definition) is 0. The number of aryl methyl sites for hydroxylation is 1. The van der Waals surface area contributed by atoms with Crippen LogP contribution in [0.4, 0.5) is 0 Å². The molecule has 2 aromatic rings. The van der Waals surface area contributed by atoms with Crippen molar-refractivity contribution in [1.29, 1.82) is 0 Å². The minimum Gasteiger partial charge on any atom is -0.275 e. The fourth-order valence-electron chi connectivity index (χ4n) is 1.52. The number of carbonyl (C=O) groups excluding carboxylic acids is 1. The van der Waals surface area contributed by atoms with Gasteiger partial charge in [-0.15, -0.1) is 0 Å². The molecule has 15 heavy (non-hydrogen) atoms. The van der Waals surface area contributed by atoms with E-state index in [4.69, 9.17) is 11.6 Å². The smallest absolute Gasteiger partial charge is 0.256 e. The first-order chi connectivity index (χ1) is 7.20. The molecule has 0 aliphatic carbocycles. The van der Waals surface area contributed by atoms with Gasteiger partial charge in [-0.2, -0.15) is 5.10 Å². The van der Waals surface area contributed by atoms with Gasteiger partial charge in [0.15, 0.2) is 0 Å². The number of hydrogen-bond acceptors (Lipinski definition) is 2. The van der Waals surface area contributed by atoms with E-state index < -0.39 is 5.24 Å². The van der Waals surface area contributed by atoms with E-state index in [0.29, 0.717) is 5.56 Å². The largest absolute Gasteiger partial charge is 0.275 e. The third kappa shape index (κ3) is 1.78. The van der Waals surface area contributed by atoms with Crippen molar-refractivity contribution >= 4 is 16.8 Å². The number of rotatable bonds is 2. The summed E-state index contributed by atoms with van der Waals surface area (Å²) in [6.45, 7) is 0. The molecule has 4 heteroatoms. The Morgan fingerprint density at radius 2 is 2.00 bits per heavy atom. The Kier molecular flexibility index (Phi) is 2.56. The summed E-state index contributed by atoms with van der Waals surface area (Å²) in [5.74, 6) is 0. The van der Waals surface area contributed by atoms with Crippen LogP contribution in [0.1, 0.15) is 10.4 Å². The molecule has 0 radical (unpaired) electrons. The molecule has 0 aliphatic rings. The molecule has 0 unspecified atom stereocenters. The molecule has 0 atom stereocenters. The van der Waals surface area contributed by atoms with Crippen molar-refractivity contribution in [2.24, 2.45) is 7.05 Å². The second-order valence-corrected chi connectivity index (χ2v) is 3.51. The maximum absolute atomic E-state index is 11.2. The molecule has 0 N–H and O–H groups in total. The fourth-order valence-corrected chi connectivity index (χ4v) is 1.66. The number of carbonyl (C=O) groups is 1. The second kappa shape index (κ2) is 3.87. The predicted octanol–water partition coefficient (Wildman–Crippen LogP) is 2.47. The topological polar surface area (TPSA) is 34.9 Å². The van der Waals surface area contributed by atoms with Gasteiger partial charge < -0.3 is 0 Å². The van der Waals surface area contributed by atoms with Crippen LogP contribution < -0.4 is 0 Å². The molecule has 1 aromatic carbocycles. The normalized spacial score (nSPS) is 10.3. The number of halogens is 1. The van der Waals surface area contributed by atoms with Crippen molar-refractivity contribution in [3.8, 4) is 11.3 Å². The van der Waals surface area contributed by atoms with Crippen LogP contribution in [-0.4, -0.2) is 15.0 Å². The Balaban J connectivity index is 2.62. The van der Waals surface area contributed by atoms with Gasteiger partial charge in [0.05, 0.1) is 17.5 Å². The van der Waals surface area contributed by atoms with Gasteiger partial charge in [0.1, 0.15) is 0 Å². The molecule has 0 bridgehead atoms. The Bertz CT molecular complexity index is 491. The molecular formula is C11H9ClN2O. The Hall–Kier alpha value is -1.61. The lowest BCUT2D eigenvalue weighted by Gasteiger charge is -2.03. The average Bonchev–Trinajstić information content (AvgIpc) is 2.61. The molecule has 76 valence electrons. The van der Waals surface area contributed by atoms with Gasteiger partial charge >= 0.3 is 0 Å². The molecule has 3 nitrogen and oxygen atoms in total. The molecule has 0 fully saturated rings. The van der Waals surface area contributed by atoms with Crippen LogP contribution in [0.25, 0.3) is 11.3 Å². The lowest BCUT2D eigenvalue weighted by Crippen LogP contribution is -1.97. The first-order valence-electron chi connectivity index (χ1n) is 4.47. The highest BCUT2D eigenvalue weighted by Crippen LogP contribution is 2.23. The SMILES string of the molecule is Cn1ncc(C(=O)Cl)c1-c1ccccc1. The maximum Gasteiger partial charge on any atom is 0.256 e. The first-order valence-corrected chi connectivity index (χ1v) is 4.85. The molecule has 0 spiro atoms. The highest BCUT2D eigenvalue weighted by Gasteiger charge is 2.15. The Labute approximate surface area is 92.3 Å². The van der Waals surface area contributed by atoms with E-state index >= 15 is 0 Å². The predicted molar refractivity (Wildman–Crippen MR) is 58.8 cm³/mol. The van der Waals surface area contributed by atoms with Crippen LogP contribution in [0.5, 0.6) is 0 Å². The van der Waals surface area contributed by atoms with Crippen molar-refractivity contribution in [3.05, 3.63) is 42.1 Å². The zero-order chi connectivity index (χ0) is 10.8. The van der Waals surface area contributed by atoms with Gasteiger partial charge in [-0.1, -0.05) is 30.3 Å². The Morgan fingerprint density at radius 1 is 1.33 bits per heavy atom. The number of nitrogens with zero attached hydrogens (tertiary/aromatic N) is 2. The van der Waals surface area contributed by atoms with Gasteiger partial charge in [0.25, 0.3) is 5.24 Å². The van der Waals surface area contributed by atoms with Crippen LogP contribution in [-0.2, 0) is 7.05 Å². The lowest BCUT2D eigenvalue weighted by atomic mass is 10.1. The van der Waals surface area contributed by atoms with E-state index in [0.717, 1.165) is 11.3 Å². The molecule has 2 rings (SSSR count). The van der Waals surface area contributed by atoms with E-state index in [-0.39, 0.29) is 0 Å². The summed E-state index contributed by atoms with van der Waals surface area (Å²) in [4.78, 5) is 11.2.